The highest BCUT2D eigenvalue weighted by molar-refractivity contribution is 5.94. The Morgan fingerprint density at radius 3 is 2.92 bits per heavy atom. The highest BCUT2D eigenvalue weighted by Crippen LogP contribution is 2.41. The minimum atomic E-state index is 0.0267. The zero-order valence-corrected chi connectivity index (χ0v) is 14.6. The number of hydrogen-bond acceptors (Lipinski definition) is 4. The molecule has 3 heterocycles. The van der Waals surface area contributed by atoms with Gasteiger partial charge in [0.2, 0.25) is 5.91 Å². The smallest absolute Gasteiger partial charge is 0.254 e. The Kier molecular flexibility index (Phi) is 4.13. The molecule has 2 saturated heterocycles. The van der Waals surface area contributed by atoms with Gasteiger partial charge in [0.1, 0.15) is 5.82 Å². The molecule has 6 heteroatoms. The summed E-state index contributed by atoms with van der Waals surface area (Å²) in [5, 5.41) is 0. The number of carbonyl (C=O) groups excluding carboxylic acids is 2. The maximum atomic E-state index is 12.9. The van der Waals surface area contributed by atoms with E-state index in [1.54, 1.807) is 18.3 Å². The number of likely N-dealkylation sites (tertiary alicyclic amines) is 2. The van der Waals surface area contributed by atoms with Gasteiger partial charge in [-0.3, -0.25) is 9.59 Å². The Morgan fingerprint density at radius 2 is 2.16 bits per heavy atom. The lowest BCUT2D eigenvalue weighted by atomic mass is 9.73. The molecule has 0 unspecified atom stereocenters. The number of nitrogen functional groups attached to an aromatic ring is 1. The average molecular weight is 342 g/mol. The lowest BCUT2D eigenvalue weighted by molar-refractivity contribution is -0.139. The van der Waals surface area contributed by atoms with E-state index < -0.39 is 0 Å². The van der Waals surface area contributed by atoms with Gasteiger partial charge in [0.15, 0.2) is 0 Å². The zero-order valence-electron chi connectivity index (χ0n) is 14.6. The van der Waals surface area contributed by atoms with Gasteiger partial charge in [-0.2, -0.15) is 0 Å². The molecule has 3 fully saturated rings. The predicted octanol–water partition coefficient (Wildman–Crippen LogP) is 1.92. The molecule has 2 amide bonds. The number of pyridine rings is 1. The fraction of sp³-hybridized carbons (Fsp3) is 0.632. The van der Waals surface area contributed by atoms with E-state index >= 15 is 0 Å². The molecule has 134 valence electrons. The van der Waals surface area contributed by atoms with Crippen molar-refractivity contribution >= 4 is 17.6 Å². The van der Waals surface area contributed by atoms with Crippen LogP contribution in [0.4, 0.5) is 5.82 Å². The van der Waals surface area contributed by atoms with Crippen LogP contribution in [0.3, 0.4) is 0 Å². The van der Waals surface area contributed by atoms with Gasteiger partial charge in [0.25, 0.3) is 5.91 Å². The van der Waals surface area contributed by atoms with Crippen molar-refractivity contribution in [1.82, 2.24) is 14.8 Å². The van der Waals surface area contributed by atoms with Crippen molar-refractivity contribution in [2.24, 2.45) is 11.3 Å². The molecule has 1 saturated carbocycles. The number of carbonyl (C=O) groups is 2. The third kappa shape index (κ3) is 3.48. The number of piperidine rings is 2. The number of amides is 2. The topological polar surface area (TPSA) is 79.5 Å². The molecule has 6 nitrogen and oxygen atoms in total. The van der Waals surface area contributed by atoms with E-state index in [9.17, 15) is 9.59 Å². The fourth-order valence-corrected chi connectivity index (χ4v) is 4.36. The minimum absolute atomic E-state index is 0.0267. The summed E-state index contributed by atoms with van der Waals surface area (Å²) in [6.45, 7) is 3.24. The number of nitrogens with two attached hydrogens (primary N) is 1. The SMILES string of the molecule is Nc1cc(C(=O)N2CCC[C@@]3(CCC(=O)N(CC4CC4)C3)C2)ccn1. The molecule has 25 heavy (non-hydrogen) atoms. The standard InChI is InChI=1S/C19H26N4O2/c20-16-10-15(5-8-21-16)18(25)22-9-1-6-19(12-22)7-4-17(24)23(13-19)11-14-2-3-14/h5,8,10,14H,1-4,6-7,9,11-13H2,(H2,20,21)/t19-/m1/s1. The summed E-state index contributed by atoms with van der Waals surface area (Å²) in [6.07, 6.45) is 7.71. The van der Waals surface area contributed by atoms with Crippen molar-refractivity contribution in [3.63, 3.8) is 0 Å². The van der Waals surface area contributed by atoms with E-state index in [0.29, 0.717) is 29.6 Å². The Hall–Kier alpha value is -2.11. The molecule has 2 N–H and O–H groups in total. The van der Waals surface area contributed by atoms with Gasteiger partial charge < -0.3 is 15.5 Å². The monoisotopic (exact) mass is 342 g/mol. The maximum absolute atomic E-state index is 12.9. The normalized spacial score (nSPS) is 27.0. The van der Waals surface area contributed by atoms with Crippen LogP contribution in [0, 0.1) is 11.3 Å². The van der Waals surface area contributed by atoms with Gasteiger partial charge in [-0.05, 0) is 50.2 Å². The van der Waals surface area contributed by atoms with Crippen LogP contribution in [0.2, 0.25) is 0 Å². The first-order valence-corrected chi connectivity index (χ1v) is 9.33. The van der Waals surface area contributed by atoms with Gasteiger partial charge in [-0.25, -0.2) is 4.98 Å². The molecule has 1 spiro atoms. The molecule has 0 bridgehead atoms. The molecule has 1 aromatic heterocycles. The summed E-state index contributed by atoms with van der Waals surface area (Å²) in [5.74, 6) is 1.40. The van der Waals surface area contributed by atoms with Gasteiger partial charge in [0.05, 0.1) is 0 Å². The number of nitrogens with zero attached hydrogens (tertiary/aromatic N) is 3. The van der Waals surface area contributed by atoms with Crippen molar-refractivity contribution in [3.05, 3.63) is 23.9 Å². The summed E-state index contributed by atoms with van der Waals surface area (Å²) >= 11 is 0. The quantitative estimate of drug-likeness (QED) is 0.910. The summed E-state index contributed by atoms with van der Waals surface area (Å²) in [7, 11) is 0. The van der Waals surface area contributed by atoms with Crippen molar-refractivity contribution in [1.29, 1.82) is 0 Å². The average Bonchev–Trinajstić information content (AvgIpc) is 3.42. The van der Waals surface area contributed by atoms with Crippen LogP contribution >= 0.6 is 0 Å². The second kappa shape index (κ2) is 6.32. The molecule has 0 radical (unpaired) electrons. The van der Waals surface area contributed by atoms with E-state index in [-0.39, 0.29) is 11.3 Å². The van der Waals surface area contributed by atoms with Gasteiger partial charge in [-0.1, -0.05) is 0 Å². The Labute approximate surface area is 148 Å². The molecule has 0 aromatic carbocycles. The molecule has 1 aromatic rings. The van der Waals surface area contributed by atoms with E-state index in [0.717, 1.165) is 45.4 Å². The van der Waals surface area contributed by atoms with Gasteiger partial charge in [0, 0.05) is 49.8 Å². The minimum Gasteiger partial charge on any atom is -0.384 e. The van der Waals surface area contributed by atoms with Crippen LogP contribution in [-0.4, -0.2) is 52.8 Å². The number of hydrogen-bond donors (Lipinski definition) is 1. The third-order valence-corrected chi connectivity index (χ3v) is 5.90. The molecular formula is C19H26N4O2. The highest BCUT2D eigenvalue weighted by Gasteiger charge is 2.43. The van der Waals surface area contributed by atoms with E-state index in [1.807, 2.05) is 4.90 Å². The van der Waals surface area contributed by atoms with E-state index in [2.05, 4.69) is 9.88 Å². The summed E-state index contributed by atoms with van der Waals surface area (Å²) in [6, 6.07) is 3.37. The first-order chi connectivity index (χ1) is 12.0. The van der Waals surface area contributed by atoms with Crippen molar-refractivity contribution in [2.45, 2.75) is 38.5 Å². The van der Waals surface area contributed by atoms with Crippen LogP contribution in [0.5, 0.6) is 0 Å². The molecule has 4 rings (SSSR count). The molecule has 1 aliphatic carbocycles. The molecule has 3 aliphatic rings. The highest BCUT2D eigenvalue weighted by atomic mass is 16.2. The van der Waals surface area contributed by atoms with Crippen LogP contribution < -0.4 is 5.73 Å². The van der Waals surface area contributed by atoms with Gasteiger partial charge in [-0.15, -0.1) is 0 Å². The number of rotatable bonds is 3. The summed E-state index contributed by atoms with van der Waals surface area (Å²) in [5.41, 5.74) is 6.39. The predicted molar refractivity (Wildman–Crippen MR) is 94.8 cm³/mol. The van der Waals surface area contributed by atoms with Gasteiger partial charge >= 0.3 is 0 Å². The largest absolute Gasteiger partial charge is 0.384 e. The van der Waals surface area contributed by atoms with Crippen molar-refractivity contribution in [2.75, 3.05) is 31.9 Å². The van der Waals surface area contributed by atoms with E-state index in [4.69, 9.17) is 5.73 Å². The van der Waals surface area contributed by atoms with Crippen molar-refractivity contribution < 1.29 is 9.59 Å². The Bertz CT molecular complexity index is 688. The lowest BCUT2D eigenvalue weighted by Gasteiger charge is -2.48. The Morgan fingerprint density at radius 1 is 1.32 bits per heavy atom. The zero-order chi connectivity index (χ0) is 17.4. The number of anilines is 1. The van der Waals surface area contributed by atoms with Crippen molar-refractivity contribution in [3.8, 4) is 0 Å². The van der Waals surface area contributed by atoms with Crippen LogP contribution in [0.15, 0.2) is 18.3 Å². The lowest BCUT2D eigenvalue weighted by Crippen LogP contribution is -2.55. The van der Waals surface area contributed by atoms with Crippen LogP contribution in [-0.2, 0) is 4.79 Å². The number of aromatic nitrogens is 1. The first kappa shape index (κ1) is 16.4. The second-order valence-corrected chi connectivity index (χ2v) is 8.02. The first-order valence-electron chi connectivity index (χ1n) is 9.33. The van der Waals surface area contributed by atoms with Crippen LogP contribution in [0.1, 0.15) is 48.9 Å². The van der Waals surface area contributed by atoms with E-state index in [1.165, 1.54) is 12.8 Å². The molecular weight excluding hydrogens is 316 g/mol. The maximum Gasteiger partial charge on any atom is 0.254 e. The third-order valence-electron chi connectivity index (χ3n) is 5.90. The molecule has 1 atom stereocenters. The Balaban J connectivity index is 1.48. The van der Waals surface area contributed by atoms with Crippen LogP contribution in [0.25, 0.3) is 0 Å². The fourth-order valence-electron chi connectivity index (χ4n) is 4.36. The second-order valence-electron chi connectivity index (χ2n) is 8.02. The molecule has 2 aliphatic heterocycles. The summed E-state index contributed by atoms with van der Waals surface area (Å²) < 4.78 is 0. The summed E-state index contributed by atoms with van der Waals surface area (Å²) in [4.78, 5) is 33.1.